The average molecular weight is 419 g/mol. The van der Waals surface area contributed by atoms with Crippen LogP contribution >= 0.6 is 11.8 Å². The van der Waals surface area contributed by atoms with E-state index in [2.05, 4.69) is 20.5 Å². The minimum absolute atomic E-state index is 0.0609. The number of nitrogens with one attached hydrogen (secondary N) is 1. The van der Waals surface area contributed by atoms with Crippen LogP contribution in [-0.4, -0.2) is 31.4 Å². The first kappa shape index (κ1) is 19.8. The minimum Gasteiger partial charge on any atom is -0.323 e. The first-order chi connectivity index (χ1) is 14.6. The van der Waals surface area contributed by atoms with E-state index in [4.69, 9.17) is 0 Å². The second kappa shape index (κ2) is 8.87. The maximum Gasteiger partial charge on any atom is 0.234 e. The lowest BCUT2D eigenvalue weighted by Crippen LogP contribution is -2.15. The van der Waals surface area contributed by atoms with Gasteiger partial charge in [0.15, 0.2) is 11.0 Å². The Kier molecular flexibility index (Phi) is 5.85. The Balaban J connectivity index is 1.58. The van der Waals surface area contributed by atoms with E-state index in [1.807, 2.05) is 54.0 Å². The van der Waals surface area contributed by atoms with Gasteiger partial charge in [0.2, 0.25) is 5.91 Å². The van der Waals surface area contributed by atoms with Crippen molar-refractivity contribution in [3.05, 3.63) is 84.4 Å². The molecule has 150 valence electrons. The first-order valence-electron chi connectivity index (χ1n) is 9.22. The van der Waals surface area contributed by atoms with Crippen LogP contribution in [0.2, 0.25) is 0 Å². The SMILES string of the molecule is Cc1ccc(F)c(NC(=O)CSc2nnc(-c3cccnc3)n2-c2ccccc2)c1. The molecule has 2 aromatic heterocycles. The number of thioether (sulfide) groups is 1. The molecule has 0 radical (unpaired) electrons. The summed E-state index contributed by atoms with van der Waals surface area (Å²) in [5, 5.41) is 11.8. The predicted molar refractivity (Wildman–Crippen MR) is 115 cm³/mol. The highest BCUT2D eigenvalue weighted by Gasteiger charge is 2.17. The largest absolute Gasteiger partial charge is 0.323 e. The van der Waals surface area contributed by atoms with Gasteiger partial charge in [0.25, 0.3) is 0 Å². The van der Waals surface area contributed by atoms with Gasteiger partial charge in [-0.3, -0.25) is 14.3 Å². The molecule has 4 aromatic rings. The molecule has 0 atom stereocenters. The van der Waals surface area contributed by atoms with Crippen molar-refractivity contribution in [2.24, 2.45) is 0 Å². The van der Waals surface area contributed by atoms with Crippen LogP contribution in [0.3, 0.4) is 0 Å². The van der Waals surface area contributed by atoms with Crippen LogP contribution < -0.4 is 5.32 Å². The Morgan fingerprint density at radius 1 is 1.10 bits per heavy atom. The van der Waals surface area contributed by atoms with Crippen LogP contribution in [-0.2, 0) is 4.79 Å². The molecule has 2 heterocycles. The van der Waals surface area contributed by atoms with Crippen molar-refractivity contribution >= 4 is 23.4 Å². The fraction of sp³-hybridized carbons (Fsp3) is 0.0909. The summed E-state index contributed by atoms with van der Waals surface area (Å²) in [4.78, 5) is 16.6. The van der Waals surface area contributed by atoms with E-state index >= 15 is 0 Å². The number of nitrogens with zero attached hydrogens (tertiary/aromatic N) is 4. The van der Waals surface area contributed by atoms with Crippen LogP contribution in [0.15, 0.2) is 78.2 Å². The second-order valence-electron chi connectivity index (χ2n) is 6.54. The monoisotopic (exact) mass is 419 g/mol. The number of hydrogen-bond donors (Lipinski definition) is 1. The summed E-state index contributed by atoms with van der Waals surface area (Å²) in [6, 6.07) is 18.0. The quantitative estimate of drug-likeness (QED) is 0.466. The highest BCUT2D eigenvalue weighted by Crippen LogP contribution is 2.27. The van der Waals surface area contributed by atoms with Crippen LogP contribution in [0.4, 0.5) is 10.1 Å². The Labute approximate surface area is 177 Å². The zero-order chi connectivity index (χ0) is 20.9. The molecule has 6 nitrogen and oxygen atoms in total. The Hall–Kier alpha value is -3.52. The molecule has 0 aliphatic heterocycles. The highest BCUT2D eigenvalue weighted by atomic mass is 32.2. The Morgan fingerprint density at radius 3 is 2.70 bits per heavy atom. The molecule has 0 saturated heterocycles. The maximum absolute atomic E-state index is 13.9. The van der Waals surface area contributed by atoms with Gasteiger partial charge in [-0.15, -0.1) is 10.2 Å². The molecule has 0 aliphatic rings. The number of para-hydroxylation sites is 1. The van der Waals surface area contributed by atoms with Crippen molar-refractivity contribution in [2.45, 2.75) is 12.1 Å². The molecular formula is C22H18FN5OS. The summed E-state index contributed by atoms with van der Waals surface area (Å²) in [5.41, 5.74) is 2.71. The van der Waals surface area contributed by atoms with Crippen molar-refractivity contribution in [1.82, 2.24) is 19.7 Å². The fourth-order valence-electron chi connectivity index (χ4n) is 2.91. The smallest absolute Gasteiger partial charge is 0.234 e. The number of benzene rings is 2. The Morgan fingerprint density at radius 2 is 1.93 bits per heavy atom. The van der Waals surface area contributed by atoms with Crippen LogP contribution in [0.1, 0.15) is 5.56 Å². The molecule has 0 fully saturated rings. The third-order valence-corrected chi connectivity index (χ3v) is 5.22. The number of rotatable bonds is 6. The fourth-order valence-corrected chi connectivity index (χ4v) is 3.66. The number of hydrogen-bond acceptors (Lipinski definition) is 5. The second-order valence-corrected chi connectivity index (χ2v) is 7.48. The zero-order valence-electron chi connectivity index (χ0n) is 16.1. The summed E-state index contributed by atoms with van der Waals surface area (Å²) >= 11 is 1.23. The number of halogens is 1. The van der Waals surface area contributed by atoms with Crippen molar-refractivity contribution in [1.29, 1.82) is 0 Å². The topological polar surface area (TPSA) is 72.7 Å². The summed E-state index contributed by atoms with van der Waals surface area (Å²) in [7, 11) is 0. The van der Waals surface area contributed by atoms with Gasteiger partial charge in [0.1, 0.15) is 5.82 Å². The highest BCUT2D eigenvalue weighted by molar-refractivity contribution is 7.99. The molecule has 1 N–H and O–H groups in total. The van der Waals surface area contributed by atoms with Gasteiger partial charge in [-0.25, -0.2) is 4.39 Å². The molecule has 2 aromatic carbocycles. The minimum atomic E-state index is -0.467. The van der Waals surface area contributed by atoms with Gasteiger partial charge in [-0.2, -0.15) is 0 Å². The molecule has 8 heteroatoms. The number of anilines is 1. The van der Waals surface area contributed by atoms with Gasteiger partial charge in [0, 0.05) is 23.6 Å². The zero-order valence-corrected chi connectivity index (χ0v) is 16.9. The van der Waals surface area contributed by atoms with E-state index in [9.17, 15) is 9.18 Å². The molecule has 0 spiro atoms. The first-order valence-corrected chi connectivity index (χ1v) is 10.2. The molecule has 1 amide bonds. The van der Waals surface area contributed by atoms with E-state index in [-0.39, 0.29) is 17.3 Å². The molecule has 0 bridgehead atoms. The number of carbonyl (C=O) groups excluding carboxylic acids is 1. The van der Waals surface area contributed by atoms with Crippen molar-refractivity contribution in [3.63, 3.8) is 0 Å². The van der Waals surface area contributed by atoms with Crippen LogP contribution in [0, 0.1) is 12.7 Å². The average Bonchev–Trinajstić information content (AvgIpc) is 3.20. The number of carbonyl (C=O) groups is 1. The molecule has 0 saturated carbocycles. The molecular weight excluding hydrogens is 401 g/mol. The summed E-state index contributed by atoms with van der Waals surface area (Å²) in [6.45, 7) is 1.84. The van der Waals surface area contributed by atoms with Gasteiger partial charge >= 0.3 is 0 Å². The van der Waals surface area contributed by atoms with Gasteiger partial charge in [0.05, 0.1) is 11.4 Å². The lowest BCUT2D eigenvalue weighted by Gasteiger charge is -2.10. The number of aromatic nitrogens is 4. The van der Waals surface area contributed by atoms with E-state index in [0.29, 0.717) is 11.0 Å². The number of pyridine rings is 1. The van der Waals surface area contributed by atoms with Gasteiger partial charge < -0.3 is 5.32 Å². The van der Waals surface area contributed by atoms with E-state index in [0.717, 1.165) is 16.8 Å². The predicted octanol–water partition coefficient (Wildman–Crippen LogP) is 4.51. The number of amides is 1. The van der Waals surface area contributed by atoms with Gasteiger partial charge in [-0.1, -0.05) is 36.0 Å². The summed E-state index contributed by atoms with van der Waals surface area (Å²) < 4.78 is 15.8. The lowest BCUT2D eigenvalue weighted by molar-refractivity contribution is -0.113. The van der Waals surface area contributed by atoms with Gasteiger partial charge in [-0.05, 0) is 48.9 Å². The van der Waals surface area contributed by atoms with Crippen LogP contribution in [0.5, 0.6) is 0 Å². The normalized spacial score (nSPS) is 10.7. The molecule has 0 unspecified atom stereocenters. The van der Waals surface area contributed by atoms with Crippen LogP contribution in [0.25, 0.3) is 17.1 Å². The molecule has 4 rings (SSSR count). The Bertz CT molecular complexity index is 1160. The standard InChI is InChI=1S/C22H18FN5OS/c1-15-9-10-18(23)19(12-15)25-20(29)14-30-22-27-26-21(16-6-5-11-24-13-16)28(22)17-7-3-2-4-8-17/h2-13H,14H2,1H3,(H,25,29). The van der Waals surface area contributed by atoms with E-state index in [1.54, 1.807) is 24.5 Å². The van der Waals surface area contributed by atoms with E-state index < -0.39 is 5.82 Å². The third kappa shape index (κ3) is 4.38. The van der Waals surface area contributed by atoms with Crippen molar-refractivity contribution in [2.75, 3.05) is 11.1 Å². The van der Waals surface area contributed by atoms with Crippen molar-refractivity contribution in [3.8, 4) is 17.1 Å². The van der Waals surface area contributed by atoms with Crippen molar-refractivity contribution < 1.29 is 9.18 Å². The number of aryl methyl sites for hydroxylation is 1. The third-order valence-electron chi connectivity index (χ3n) is 4.30. The molecule has 30 heavy (non-hydrogen) atoms. The maximum atomic E-state index is 13.9. The summed E-state index contributed by atoms with van der Waals surface area (Å²) in [5.74, 6) is -0.104. The summed E-state index contributed by atoms with van der Waals surface area (Å²) in [6.07, 6.45) is 3.41. The lowest BCUT2D eigenvalue weighted by atomic mass is 10.2. The van der Waals surface area contributed by atoms with E-state index in [1.165, 1.54) is 17.8 Å². The molecule has 0 aliphatic carbocycles.